The third-order valence-corrected chi connectivity index (χ3v) is 2.69. The maximum absolute atomic E-state index is 13.7. The Morgan fingerprint density at radius 1 is 1.38 bits per heavy atom. The van der Waals surface area contributed by atoms with E-state index >= 15 is 0 Å². The molecule has 0 aromatic rings. The number of hydrogen-bond donors (Lipinski definition) is 0. The number of likely N-dealkylation sites (tertiary alicyclic amines) is 1. The first kappa shape index (κ1) is 17.3. The Hall–Kier alpha value is -1.73. The van der Waals surface area contributed by atoms with Crippen molar-refractivity contribution in [2.75, 3.05) is 19.7 Å². The van der Waals surface area contributed by atoms with Crippen LogP contribution >= 0.6 is 0 Å². The first-order valence-electron chi connectivity index (χ1n) is 6.54. The van der Waals surface area contributed by atoms with Crippen LogP contribution in [0, 0.1) is 5.92 Å². The molecule has 1 saturated heterocycles. The highest BCUT2D eigenvalue weighted by atomic mass is 19.3. The number of carbonyl (C=O) groups is 3. The van der Waals surface area contributed by atoms with Crippen LogP contribution in [0.5, 0.6) is 0 Å². The van der Waals surface area contributed by atoms with E-state index in [-0.39, 0.29) is 6.61 Å². The van der Waals surface area contributed by atoms with Crippen LogP contribution in [0.1, 0.15) is 27.7 Å². The van der Waals surface area contributed by atoms with Crippen molar-refractivity contribution in [3.8, 4) is 0 Å². The molecule has 1 fully saturated rings. The Balaban J connectivity index is 2.92. The van der Waals surface area contributed by atoms with Crippen LogP contribution in [0.3, 0.4) is 0 Å². The monoisotopic (exact) mass is 307 g/mol. The average molecular weight is 307 g/mol. The molecule has 1 heterocycles. The lowest BCUT2D eigenvalue weighted by atomic mass is 9.94. The number of carbonyl (C=O) groups excluding carboxylic acids is 3. The Morgan fingerprint density at radius 2 is 1.95 bits per heavy atom. The maximum Gasteiger partial charge on any atom is 0.410 e. The van der Waals surface area contributed by atoms with E-state index in [0.29, 0.717) is 4.90 Å². The van der Waals surface area contributed by atoms with Crippen molar-refractivity contribution in [2.45, 2.75) is 39.2 Å². The fraction of sp³-hybridized carbons (Fsp3) is 0.769. The molecule has 1 aliphatic heterocycles. The minimum Gasteiger partial charge on any atom is -0.465 e. The predicted molar refractivity (Wildman–Crippen MR) is 67.9 cm³/mol. The number of halogens is 2. The lowest BCUT2D eigenvalue weighted by Crippen LogP contribution is -2.58. The summed E-state index contributed by atoms with van der Waals surface area (Å²) < 4.78 is 37.0. The fourth-order valence-corrected chi connectivity index (χ4v) is 1.83. The van der Waals surface area contributed by atoms with E-state index in [1.165, 1.54) is 6.92 Å². The second kappa shape index (κ2) is 5.95. The summed E-state index contributed by atoms with van der Waals surface area (Å²) in [5.74, 6) is -8.08. The van der Waals surface area contributed by atoms with Crippen LogP contribution < -0.4 is 0 Å². The molecule has 0 N–H and O–H groups in total. The number of ether oxygens (including phenoxy) is 2. The van der Waals surface area contributed by atoms with Crippen LogP contribution in [0.15, 0.2) is 0 Å². The zero-order valence-corrected chi connectivity index (χ0v) is 12.4. The molecule has 0 spiro atoms. The Morgan fingerprint density at radius 3 is 2.43 bits per heavy atom. The molecule has 1 atom stereocenters. The molecule has 1 amide bonds. The molecule has 0 aliphatic carbocycles. The SMILES string of the molecule is CCOC(=O)[C@@H]1CN(C(=O)OC(C)(C)C)CC(F)(F)C1=O. The zero-order chi connectivity index (χ0) is 16.4. The van der Waals surface area contributed by atoms with E-state index in [1.54, 1.807) is 20.8 Å². The van der Waals surface area contributed by atoms with Crippen molar-refractivity contribution in [3.05, 3.63) is 0 Å². The first-order chi connectivity index (χ1) is 9.48. The number of esters is 1. The smallest absolute Gasteiger partial charge is 0.410 e. The van der Waals surface area contributed by atoms with E-state index in [4.69, 9.17) is 4.74 Å². The van der Waals surface area contributed by atoms with Crippen LogP contribution in [0.4, 0.5) is 13.6 Å². The van der Waals surface area contributed by atoms with E-state index < -0.39 is 48.4 Å². The molecule has 6 nitrogen and oxygen atoms in total. The largest absolute Gasteiger partial charge is 0.465 e. The number of ketones is 1. The van der Waals surface area contributed by atoms with Gasteiger partial charge in [-0.05, 0) is 27.7 Å². The molecule has 8 heteroatoms. The highest BCUT2D eigenvalue weighted by molar-refractivity contribution is 6.04. The van der Waals surface area contributed by atoms with Crippen molar-refractivity contribution in [3.63, 3.8) is 0 Å². The third-order valence-electron chi connectivity index (χ3n) is 2.69. The van der Waals surface area contributed by atoms with Crippen molar-refractivity contribution < 1.29 is 32.6 Å². The molecule has 0 aromatic carbocycles. The Bertz CT molecular complexity index is 444. The van der Waals surface area contributed by atoms with Gasteiger partial charge < -0.3 is 14.4 Å². The van der Waals surface area contributed by atoms with Gasteiger partial charge in [-0.15, -0.1) is 0 Å². The molecular formula is C13H19F2NO5. The first-order valence-corrected chi connectivity index (χ1v) is 6.54. The summed E-state index contributed by atoms with van der Waals surface area (Å²) in [7, 11) is 0. The summed E-state index contributed by atoms with van der Waals surface area (Å²) in [6.45, 7) is 4.64. The van der Waals surface area contributed by atoms with Crippen LogP contribution in [-0.2, 0) is 19.1 Å². The lowest BCUT2D eigenvalue weighted by Gasteiger charge is -2.36. The molecule has 0 unspecified atom stereocenters. The summed E-state index contributed by atoms with van der Waals surface area (Å²) in [6.07, 6.45) is -0.996. The summed E-state index contributed by atoms with van der Waals surface area (Å²) >= 11 is 0. The molecule has 0 radical (unpaired) electrons. The normalized spacial score (nSPS) is 21.9. The molecule has 0 saturated carbocycles. The zero-order valence-electron chi connectivity index (χ0n) is 12.4. The summed E-state index contributed by atoms with van der Waals surface area (Å²) in [4.78, 5) is 35.7. The number of Topliss-reactive ketones (excluding diaryl/α,β-unsaturated/α-hetero) is 1. The number of nitrogens with zero attached hydrogens (tertiary/aromatic N) is 1. The summed E-state index contributed by atoms with van der Waals surface area (Å²) in [5.41, 5.74) is -0.868. The van der Waals surface area contributed by atoms with Gasteiger partial charge in [0.05, 0.1) is 13.2 Å². The van der Waals surface area contributed by atoms with Gasteiger partial charge in [0.15, 0.2) is 0 Å². The van der Waals surface area contributed by atoms with Gasteiger partial charge in [-0.3, -0.25) is 9.59 Å². The highest BCUT2D eigenvalue weighted by Gasteiger charge is 2.53. The Kier molecular flexibility index (Phi) is 4.91. The van der Waals surface area contributed by atoms with Gasteiger partial charge in [0.1, 0.15) is 11.5 Å². The van der Waals surface area contributed by atoms with Gasteiger partial charge in [-0.25, -0.2) is 4.79 Å². The van der Waals surface area contributed by atoms with Gasteiger partial charge >= 0.3 is 18.0 Å². The van der Waals surface area contributed by atoms with E-state index in [0.717, 1.165) is 0 Å². The van der Waals surface area contributed by atoms with Crippen molar-refractivity contribution in [2.24, 2.45) is 5.92 Å². The molecule has 1 rings (SSSR count). The highest BCUT2D eigenvalue weighted by Crippen LogP contribution is 2.29. The molecule has 1 aliphatic rings. The summed E-state index contributed by atoms with van der Waals surface area (Å²) in [6, 6.07) is 0. The average Bonchev–Trinajstić information content (AvgIpc) is 2.30. The third kappa shape index (κ3) is 4.37. The standard InChI is InChI=1S/C13H19F2NO5/c1-5-20-10(18)8-6-16(7-13(14,15)9(8)17)11(19)21-12(2,3)4/h8H,5-7H2,1-4H3/t8-/m1/s1. The molecule has 21 heavy (non-hydrogen) atoms. The quantitative estimate of drug-likeness (QED) is 0.572. The second-order valence-corrected chi connectivity index (χ2v) is 5.73. The van der Waals surface area contributed by atoms with Gasteiger partial charge in [0.2, 0.25) is 5.78 Å². The molecular weight excluding hydrogens is 288 g/mol. The van der Waals surface area contributed by atoms with Crippen molar-refractivity contribution >= 4 is 17.8 Å². The van der Waals surface area contributed by atoms with Crippen LogP contribution in [0.2, 0.25) is 0 Å². The Labute approximate surface area is 121 Å². The number of rotatable bonds is 2. The molecule has 0 bridgehead atoms. The fourth-order valence-electron chi connectivity index (χ4n) is 1.83. The topological polar surface area (TPSA) is 72.9 Å². The van der Waals surface area contributed by atoms with Gasteiger partial charge in [-0.1, -0.05) is 0 Å². The molecule has 120 valence electrons. The van der Waals surface area contributed by atoms with Crippen LogP contribution in [0.25, 0.3) is 0 Å². The lowest BCUT2D eigenvalue weighted by molar-refractivity contribution is -0.169. The van der Waals surface area contributed by atoms with Gasteiger partial charge in [0.25, 0.3) is 0 Å². The van der Waals surface area contributed by atoms with Gasteiger partial charge in [0, 0.05) is 6.54 Å². The van der Waals surface area contributed by atoms with E-state index in [2.05, 4.69) is 4.74 Å². The maximum atomic E-state index is 13.7. The number of hydrogen-bond acceptors (Lipinski definition) is 5. The van der Waals surface area contributed by atoms with Crippen LogP contribution in [-0.4, -0.2) is 54.0 Å². The van der Waals surface area contributed by atoms with Gasteiger partial charge in [-0.2, -0.15) is 8.78 Å². The predicted octanol–water partition coefficient (Wildman–Crippen LogP) is 1.62. The number of piperidine rings is 1. The minimum absolute atomic E-state index is 0.0410. The van der Waals surface area contributed by atoms with Crippen molar-refractivity contribution in [1.29, 1.82) is 0 Å². The van der Waals surface area contributed by atoms with E-state index in [1.807, 2.05) is 0 Å². The number of amides is 1. The summed E-state index contributed by atoms with van der Waals surface area (Å²) in [5, 5.41) is 0. The molecule has 0 aromatic heterocycles. The van der Waals surface area contributed by atoms with E-state index in [9.17, 15) is 23.2 Å². The minimum atomic E-state index is -3.80. The van der Waals surface area contributed by atoms with Crippen molar-refractivity contribution in [1.82, 2.24) is 4.90 Å². The second-order valence-electron chi connectivity index (χ2n) is 5.73. The number of alkyl halides is 2.